The molecule has 5 heteroatoms. The molecule has 0 aromatic carbocycles. The van der Waals surface area contributed by atoms with Crippen LogP contribution in [0.4, 0.5) is 0 Å². The van der Waals surface area contributed by atoms with Gasteiger partial charge in [-0.3, -0.25) is 0 Å². The summed E-state index contributed by atoms with van der Waals surface area (Å²) in [5, 5.41) is 14.3. The molecule has 0 spiro atoms. The predicted octanol–water partition coefficient (Wildman–Crippen LogP) is 0.999. The van der Waals surface area contributed by atoms with Gasteiger partial charge in [0.05, 0.1) is 0 Å². The number of fused-ring (bicyclic) bond motifs is 1. The summed E-state index contributed by atoms with van der Waals surface area (Å²) in [6.45, 7) is 1.61. The van der Waals surface area contributed by atoms with Crippen molar-refractivity contribution < 1.29 is 9.84 Å². The second-order valence-corrected chi connectivity index (χ2v) is 4.59. The van der Waals surface area contributed by atoms with Gasteiger partial charge in [-0.25, -0.2) is 9.67 Å². The van der Waals surface area contributed by atoms with E-state index in [0.29, 0.717) is 5.92 Å². The maximum atomic E-state index is 9.81. The van der Waals surface area contributed by atoms with Gasteiger partial charge < -0.3 is 9.84 Å². The SMILES string of the molecule is OC1CCCc2nc(C3CCOCC3)nn21. The number of aliphatic hydroxyl groups excluding tert-OH is 1. The summed E-state index contributed by atoms with van der Waals surface area (Å²) in [7, 11) is 0. The van der Waals surface area contributed by atoms with E-state index in [2.05, 4.69) is 10.1 Å². The van der Waals surface area contributed by atoms with Crippen LogP contribution in [0.15, 0.2) is 0 Å². The lowest BCUT2D eigenvalue weighted by Gasteiger charge is -2.19. The summed E-state index contributed by atoms with van der Waals surface area (Å²) in [5.74, 6) is 2.26. The molecule has 1 unspecified atom stereocenters. The molecule has 0 radical (unpaired) electrons. The average molecular weight is 223 g/mol. The van der Waals surface area contributed by atoms with E-state index in [-0.39, 0.29) is 0 Å². The van der Waals surface area contributed by atoms with Gasteiger partial charge in [0, 0.05) is 25.6 Å². The quantitative estimate of drug-likeness (QED) is 0.771. The van der Waals surface area contributed by atoms with Gasteiger partial charge in [-0.15, -0.1) is 0 Å². The number of nitrogens with zero attached hydrogens (tertiary/aromatic N) is 3. The number of aromatic nitrogens is 3. The Balaban J connectivity index is 1.85. The van der Waals surface area contributed by atoms with Crippen LogP contribution in [0, 0.1) is 0 Å². The van der Waals surface area contributed by atoms with Crippen LogP contribution in [-0.2, 0) is 11.2 Å². The fraction of sp³-hybridized carbons (Fsp3) is 0.818. The molecule has 3 rings (SSSR count). The van der Waals surface area contributed by atoms with Gasteiger partial charge >= 0.3 is 0 Å². The van der Waals surface area contributed by atoms with Gasteiger partial charge in [0.1, 0.15) is 12.1 Å². The highest BCUT2D eigenvalue weighted by molar-refractivity contribution is 5.02. The molecule has 0 amide bonds. The van der Waals surface area contributed by atoms with Crippen molar-refractivity contribution in [2.75, 3.05) is 13.2 Å². The highest BCUT2D eigenvalue weighted by atomic mass is 16.5. The van der Waals surface area contributed by atoms with Crippen LogP contribution in [-0.4, -0.2) is 33.1 Å². The molecule has 5 nitrogen and oxygen atoms in total. The molecule has 0 saturated carbocycles. The zero-order chi connectivity index (χ0) is 11.0. The number of ether oxygens (including phenoxy) is 1. The lowest BCUT2D eigenvalue weighted by Crippen LogP contribution is -2.19. The van der Waals surface area contributed by atoms with Crippen molar-refractivity contribution in [2.24, 2.45) is 0 Å². The van der Waals surface area contributed by atoms with Crippen molar-refractivity contribution >= 4 is 0 Å². The third kappa shape index (κ3) is 1.74. The molecule has 1 saturated heterocycles. The van der Waals surface area contributed by atoms with Crippen LogP contribution in [0.5, 0.6) is 0 Å². The second-order valence-electron chi connectivity index (χ2n) is 4.59. The molecule has 1 aromatic rings. The van der Waals surface area contributed by atoms with E-state index in [1.165, 1.54) is 0 Å². The number of hydrogen-bond donors (Lipinski definition) is 1. The molecule has 0 aliphatic carbocycles. The molecule has 2 aliphatic rings. The van der Waals surface area contributed by atoms with Crippen molar-refractivity contribution in [3.05, 3.63) is 11.6 Å². The van der Waals surface area contributed by atoms with Crippen LogP contribution >= 0.6 is 0 Å². The van der Waals surface area contributed by atoms with E-state index in [0.717, 1.165) is 57.0 Å². The van der Waals surface area contributed by atoms with Crippen molar-refractivity contribution in [2.45, 2.75) is 44.2 Å². The van der Waals surface area contributed by atoms with Crippen molar-refractivity contribution in [3.8, 4) is 0 Å². The Morgan fingerprint density at radius 2 is 2.06 bits per heavy atom. The summed E-state index contributed by atoms with van der Waals surface area (Å²) < 4.78 is 7.04. The van der Waals surface area contributed by atoms with E-state index >= 15 is 0 Å². The summed E-state index contributed by atoms with van der Waals surface area (Å²) in [6, 6.07) is 0. The Labute approximate surface area is 94.4 Å². The van der Waals surface area contributed by atoms with Crippen LogP contribution < -0.4 is 0 Å². The summed E-state index contributed by atoms with van der Waals surface area (Å²) in [4.78, 5) is 4.56. The molecule has 1 atom stereocenters. The fourth-order valence-electron chi connectivity index (χ4n) is 2.48. The first-order valence-electron chi connectivity index (χ1n) is 6.06. The first-order valence-corrected chi connectivity index (χ1v) is 6.06. The first-order chi connectivity index (χ1) is 7.84. The topological polar surface area (TPSA) is 60.2 Å². The van der Waals surface area contributed by atoms with Gasteiger partial charge in [-0.1, -0.05) is 0 Å². The van der Waals surface area contributed by atoms with E-state index in [1.54, 1.807) is 4.68 Å². The van der Waals surface area contributed by atoms with E-state index in [9.17, 15) is 5.11 Å². The summed E-state index contributed by atoms with van der Waals surface area (Å²) >= 11 is 0. The van der Waals surface area contributed by atoms with Crippen molar-refractivity contribution in [3.63, 3.8) is 0 Å². The predicted molar refractivity (Wildman–Crippen MR) is 57.0 cm³/mol. The van der Waals surface area contributed by atoms with E-state index < -0.39 is 6.23 Å². The first kappa shape index (κ1) is 10.2. The Morgan fingerprint density at radius 3 is 2.81 bits per heavy atom. The van der Waals surface area contributed by atoms with Crippen molar-refractivity contribution in [1.82, 2.24) is 14.8 Å². The zero-order valence-electron chi connectivity index (χ0n) is 9.30. The van der Waals surface area contributed by atoms with Gasteiger partial charge in [-0.05, 0) is 25.7 Å². The Hall–Kier alpha value is -0.940. The normalized spacial score (nSPS) is 26.7. The zero-order valence-corrected chi connectivity index (χ0v) is 9.30. The van der Waals surface area contributed by atoms with Crippen LogP contribution in [0.1, 0.15) is 49.5 Å². The molecule has 0 bridgehead atoms. The Morgan fingerprint density at radius 1 is 1.25 bits per heavy atom. The highest BCUT2D eigenvalue weighted by Crippen LogP contribution is 2.27. The Bertz CT molecular complexity index is 371. The minimum absolute atomic E-state index is 0.416. The van der Waals surface area contributed by atoms with Gasteiger partial charge in [-0.2, -0.15) is 5.10 Å². The Kier molecular flexibility index (Phi) is 2.65. The highest BCUT2D eigenvalue weighted by Gasteiger charge is 2.25. The largest absolute Gasteiger partial charge is 0.381 e. The van der Waals surface area contributed by atoms with Crippen LogP contribution in [0.2, 0.25) is 0 Å². The molecule has 1 aromatic heterocycles. The molecule has 1 N–H and O–H groups in total. The van der Waals surface area contributed by atoms with Gasteiger partial charge in [0.2, 0.25) is 0 Å². The fourth-order valence-corrected chi connectivity index (χ4v) is 2.48. The minimum atomic E-state index is -0.468. The standard InChI is InChI=1S/C11H17N3O2/c15-10-3-1-2-9-12-11(13-14(9)10)8-4-6-16-7-5-8/h8,10,15H,1-7H2. The molecular weight excluding hydrogens is 206 g/mol. The number of aryl methyl sites for hydroxylation is 1. The third-order valence-corrected chi connectivity index (χ3v) is 3.45. The molecule has 16 heavy (non-hydrogen) atoms. The summed E-state index contributed by atoms with van der Waals surface area (Å²) in [5.41, 5.74) is 0. The van der Waals surface area contributed by atoms with E-state index in [1.807, 2.05) is 0 Å². The minimum Gasteiger partial charge on any atom is -0.381 e. The summed E-state index contributed by atoms with van der Waals surface area (Å²) in [6.07, 6.45) is 4.27. The molecular formula is C11H17N3O2. The third-order valence-electron chi connectivity index (χ3n) is 3.45. The molecule has 2 aliphatic heterocycles. The number of aliphatic hydroxyl groups is 1. The van der Waals surface area contributed by atoms with Gasteiger partial charge in [0.25, 0.3) is 0 Å². The number of rotatable bonds is 1. The molecule has 3 heterocycles. The monoisotopic (exact) mass is 223 g/mol. The van der Waals surface area contributed by atoms with E-state index in [4.69, 9.17) is 4.74 Å². The molecule has 1 fully saturated rings. The maximum absolute atomic E-state index is 9.81. The lowest BCUT2D eigenvalue weighted by atomic mass is 10.00. The van der Waals surface area contributed by atoms with Crippen molar-refractivity contribution in [1.29, 1.82) is 0 Å². The lowest BCUT2D eigenvalue weighted by molar-refractivity contribution is 0.0629. The maximum Gasteiger partial charge on any atom is 0.154 e. The smallest absolute Gasteiger partial charge is 0.154 e. The van der Waals surface area contributed by atoms with Gasteiger partial charge in [0.15, 0.2) is 5.82 Å². The van der Waals surface area contributed by atoms with Crippen LogP contribution in [0.3, 0.4) is 0 Å². The second kappa shape index (κ2) is 4.14. The number of hydrogen-bond acceptors (Lipinski definition) is 4. The van der Waals surface area contributed by atoms with Crippen LogP contribution in [0.25, 0.3) is 0 Å². The average Bonchev–Trinajstić information content (AvgIpc) is 2.76. The molecule has 88 valence electrons.